The van der Waals surface area contributed by atoms with Gasteiger partial charge in [-0.2, -0.15) is 0 Å². The number of benzene rings is 1. The number of imide groups is 1. The molecule has 0 saturated carbocycles. The van der Waals surface area contributed by atoms with Gasteiger partial charge in [0, 0.05) is 10.0 Å². The molecule has 0 radical (unpaired) electrons. The topological polar surface area (TPSA) is 49.4 Å². The summed E-state index contributed by atoms with van der Waals surface area (Å²) >= 11 is 3.24. The first-order valence-corrected chi connectivity index (χ1v) is 6.30. The number of piperazine rings is 1. The first-order valence-electron chi connectivity index (χ1n) is 5.50. The van der Waals surface area contributed by atoms with Crippen LogP contribution < -0.4 is 5.32 Å². The first kappa shape index (κ1) is 13.2. The van der Waals surface area contributed by atoms with E-state index >= 15 is 0 Å². The van der Waals surface area contributed by atoms with Crippen LogP contribution in [0.4, 0.5) is 4.39 Å². The second-order valence-electron chi connectivity index (χ2n) is 4.16. The van der Waals surface area contributed by atoms with Crippen molar-refractivity contribution in [3.05, 3.63) is 34.1 Å². The van der Waals surface area contributed by atoms with E-state index < -0.39 is 11.9 Å². The lowest BCUT2D eigenvalue weighted by Crippen LogP contribution is -2.56. The molecule has 18 heavy (non-hydrogen) atoms. The van der Waals surface area contributed by atoms with Gasteiger partial charge in [-0.15, -0.1) is 0 Å². The predicted octanol–water partition coefficient (Wildman–Crippen LogP) is 1.44. The van der Waals surface area contributed by atoms with Crippen molar-refractivity contribution < 1.29 is 14.0 Å². The Kier molecular flexibility index (Phi) is 3.77. The summed E-state index contributed by atoms with van der Waals surface area (Å²) in [6.07, 6.45) is 0. The third kappa shape index (κ3) is 2.59. The van der Waals surface area contributed by atoms with Crippen molar-refractivity contribution in [2.45, 2.75) is 19.5 Å². The van der Waals surface area contributed by atoms with Gasteiger partial charge in [0.1, 0.15) is 5.82 Å². The highest BCUT2D eigenvalue weighted by molar-refractivity contribution is 9.10. The Bertz CT molecular complexity index is 507. The van der Waals surface area contributed by atoms with Gasteiger partial charge in [-0.1, -0.05) is 15.9 Å². The van der Waals surface area contributed by atoms with E-state index in [1.54, 1.807) is 19.1 Å². The Labute approximate surface area is 112 Å². The normalized spacial score (nSPS) is 20.4. The van der Waals surface area contributed by atoms with Crippen LogP contribution in [0, 0.1) is 5.82 Å². The van der Waals surface area contributed by atoms with E-state index in [4.69, 9.17) is 0 Å². The zero-order chi connectivity index (χ0) is 13.3. The lowest BCUT2D eigenvalue weighted by Gasteiger charge is -2.29. The van der Waals surface area contributed by atoms with Gasteiger partial charge in [-0.25, -0.2) is 4.39 Å². The summed E-state index contributed by atoms with van der Waals surface area (Å²) in [5.41, 5.74) is 0.320. The zero-order valence-electron chi connectivity index (χ0n) is 9.74. The minimum absolute atomic E-state index is 0.0328. The molecular weight excluding hydrogens is 303 g/mol. The molecule has 1 saturated heterocycles. The molecule has 1 heterocycles. The van der Waals surface area contributed by atoms with Crippen LogP contribution in [0.25, 0.3) is 0 Å². The van der Waals surface area contributed by atoms with Crippen LogP contribution in [0.3, 0.4) is 0 Å². The van der Waals surface area contributed by atoms with Gasteiger partial charge < -0.3 is 0 Å². The van der Waals surface area contributed by atoms with Crippen LogP contribution in [0.5, 0.6) is 0 Å². The molecule has 96 valence electrons. The number of hydrogen-bond donors (Lipinski definition) is 1. The van der Waals surface area contributed by atoms with Crippen molar-refractivity contribution in [1.29, 1.82) is 0 Å². The average Bonchev–Trinajstić information content (AvgIpc) is 2.34. The third-order valence-electron chi connectivity index (χ3n) is 2.83. The summed E-state index contributed by atoms with van der Waals surface area (Å²) in [6, 6.07) is 4.03. The highest BCUT2D eigenvalue weighted by atomic mass is 79.9. The van der Waals surface area contributed by atoms with E-state index in [-0.39, 0.29) is 24.9 Å². The molecule has 2 rings (SSSR count). The van der Waals surface area contributed by atoms with Crippen molar-refractivity contribution >= 4 is 27.7 Å². The maximum Gasteiger partial charge on any atom is 0.246 e. The highest BCUT2D eigenvalue weighted by Crippen LogP contribution is 2.18. The Morgan fingerprint density at radius 2 is 2.22 bits per heavy atom. The molecule has 1 aromatic rings. The number of hydrogen-bond acceptors (Lipinski definition) is 3. The van der Waals surface area contributed by atoms with Crippen LogP contribution in [-0.4, -0.2) is 29.3 Å². The molecule has 1 aliphatic heterocycles. The summed E-state index contributed by atoms with van der Waals surface area (Å²) in [7, 11) is 0. The maximum atomic E-state index is 13.6. The van der Waals surface area contributed by atoms with Crippen molar-refractivity contribution in [3.8, 4) is 0 Å². The van der Waals surface area contributed by atoms with Gasteiger partial charge in [0.25, 0.3) is 0 Å². The fraction of sp³-hybridized carbons (Fsp3) is 0.333. The minimum Gasteiger partial charge on any atom is -0.298 e. The molecule has 1 N–H and O–H groups in total. The zero-order valence-corrected chi connectivity index (χ0v) is 11.3. The summed E-state index contributed by atoms with van der Waals surface area (Å²) in [4.78, 5) is 24.6. The van der Waals surface area contributed by atoms with E-state index in [0.29, 0.717) is 10.0 Å². The largest absolute Gasteiger partial charge is 0.298 e. The molecule has 1 aliphatic rings. The minimum atomic E-state index is -0.426. The molecule has 0 spiro atoms. The number of carbonyl (C=O) groups excluding carboxylic acids is 2. The van der Waals surface area contributed by atoms with Gasteiger partial charge in [-0.05, 0) is 25.1 Å². The molecule has 1 unspecified atom stereocenters. The van der Waals surface area contributed by atoms with Gasteiger partial charge in [0.2, 0.25) is 11.8 Å². The predicted molar refractivity (Wildman–Crippen MR) is 67.1 cm³/mol. The smallest absolute Gasteiger partial charge is 0.246 e. The number of nitrogens with zero attached hydrogens (tertiary/aromatic N) is 1. The van der Waals surface area contributed by atoms with Crippen molar-refractivity contribution in [2.24, 2.45) is 0 Å². The van der Waals surface area contributed by atoms with Crippen LogP contribution in [0.15, 0.2) is 22.7 Å². The number of rotatable bonds is 2. The van der Waals surface area contributed by atoms with Gasteiger partial charge in [-0.3, -0.25) is 19.8 Å². The Balaban J connectivity index is 2.24. The highest BCUT2D eigenvalue weighted by Gasteiger charge is 2.31. The van der Waals surface area contributed by atoms with E-state index in [1.165, 1.54) is 6.07 Å². The Hall–Kier alpha value is -1.27. The number of carbonyl (C=O) groups is 2. The molecule has 6 heteroatoms. The molecule has 0 bridgehead atoms. The summed E-state index contributed by atoms with van der Waals surface area (Å²) in [5.74, 6) is -1.09. The Morgan fingerprint density at radius 3 is 2.94 bits per heavy atom. The van der Waals surface area contributed by atoms with E-state index in [0.717, 1.165) is 4.90 Å². The molecule has 1 aromatic carbocycles. The molecule has 1 fully saturated rings. The fourth-order valence-corrected chi connectivity index (χ4v) is 2.19. The molecule has 4 nitrogen and oxygen atoms in total. The number of nitrogens with one attached hydrogen (secondary N) is 1. The average molecular weight is 315 g/mol. The second kappa shape index (κ2) is 5.16. The number of amides is 2. The number of halogens is 2. The lowest BCUT2D eigenvalue weighted by atomic mass is 10.1. The Morgan fingerprint density at radius 1 is 1.50 bits per heavy atom. The van der Waals surface area contributed by atoms with Crippen molar-refractivity contribution in [1.82, 2.24) is 10.2 Å². The van der Waals surface area contributed by atoms with E-state index in [1.807, 2.05) is 0 Å². The van der Waals surface area contributed by atoms with Gasteiger partial charge in [0.05, 0.1) is 19.1 Å². The van der Waals surface area contributed by atoms with Crippen molar-refractivity contribution in [3.63, 3.8) is 0 Å². The molecule has 2 amide bonds. The van der Waals surface area contributed by atoms with Crippen LogP contribution in [0.1, 0.15) is 12.5 Å². The molecule has 1 atom stereocenters. The quantitative estimate of drug-likeness (QED) is 0.840. The standard InChI is InChI=1S/C12H12BrFN2O2/c1-7-12(18)16(11(17)5-15-7)6-8-4-9(13)2-3-10(8)14/h2-4,7,15H,5-6H2,1H3. The monoisotopic (exact) mass is 314 g/mol. The van der Waals surface area contributed by atoms with Crippen molar-refractivity contribution in [2.75, 3.05) is 6.54 Å². The van der Waals surface area contributed by atoms with Crippen LogP contribution in [0.2, 0.25) is 0 Å². The maximum absolute atomic E-state index is 13.6. The molecular formula is C12H12BrFN2O2. The second-order valence-corrected chi connectivity index (χ2v) is 5.07. The molecule has 0 aromatic heterocycles. The van der Waals surface area contributed by atoms with Crippen LogP contribution in [-0.2, 0) is 16.1 Å². The van der Waals surface area contributed by atoms with E-state index in [9.17, 15) is 14.0 Å². The van der Waals surface area contributed by atoms with E-state index in [2.05, 4.69) is 21.2 Å². The van der Waals surface area contributed by atoms with Gasteiger partial charge in [0.15, 0.2) is 0 Å². The SMILES string of the molecule is CC1NCC(=O)N(Cc2cc(Br)ccc2F)C1=O. The first-order chi connectivity index (χ1) is 8.49. The molecule has 0 aliphatic carbocycles. The van der Waals surface area contributed by atoms with Crippen LogP contribution >= 0.6 is 15.9 Å². The third-order valence-corrected chi connectivity index (χ3v) is 3.33. The summed E-state index contributed by atoms with van der Waals surface area (Å²) in [5, 5.41) is 2.78. The lowest BCUT2D eigenvalue weighted by molar-refractivity contribution is -0.149. The summed E-state index contributed by atoms with van der Waals surface area (Å²) in [6.45, 7) is 1.75. The summed E-state index contributed by atoms with van der Waals surface area (Å²) < 4.78 is 14.3. The van der Waals surface area contributed by atoms with Gasteiger partial charge >= 0.3 is 0 Å². The fourth-order valence-electron chi connectivity index (χ4n) is 1.78.